The molecule has 1 atom stereocenters. The molecule has 0 spiro atoms. The summed E-state index contributed by atoms with van der Waals surface area (Å²) in [6.07, 6.45) is 6.68. The monoisotopic (exact) mass is 245 g/mol. The Labute approximate surface area is 112 Å². The maximum absolute atomic E-state index is 3.54. The summed E-state index contributed by atoms with van der Waals surface area (Å²) in [5.41, 5.74) is 2.90. The van der Waals surface area contributed by atoms with E-state index in [4.69, 9.17) is 0 Å². The van der Waals surface area contributed by atoms with Gasteiger partial charge in [-0.05, 0) is 49.3 Å². The van der Waals surface area contributed by atoms with E-state index in [1.807, 2.05) is 0 Å². The molecule has 18 heavy (non-hydrogen) atoms. The first-order chi connectivity index (χ1) is 8.74. The van der Waals surface area contributed by atoms with Crippen molar-refractivity contribution in [1.29, 1.82) is 0 Å². The Morgan fingerprint density at radius 2 is 1.72 bits per heavy atom. The lowest BCUT2D eigenvalue weighted by Gasteiger charge is -2.33. The summed E-state index contributed by atoms with van der Waals surface area (Å²) in [6, 6.07) is 9.75. The molecule has 1 fully saturated rings. The van der Waals surface area contributed by atoms with Crippen LogP contribution in [0.15, 0.2) is 24.3 Å². The lowest BCUT2D eigenvalue weighted by molar-refractivity contribution is 0.238. The highest BCUT2D eigenvalue weighted by atomic mass is 14.9. The molecular formula is C17H27N. The standard InChI is InChI=1S/C17H27N/c1-4-14-7-11-16(12-8-14)17(18-3)15-9-5-13(2)6-10-15/h7-8,11-13,15,17-18H,4-6,9-10H2,1-3H3. The van der Waals surface area contributed by atoms with Gasteiger partial charge in [-0.2, -0.15) is 0 Å². The normalized spacial score (nSPS) is 25.9. The molecule has 100 valence electrons. The van der Waals surface area contributed by atoms with Gasteiger partial charge in [-0.1, -0.05) is 51.0 Å². The van der Waals surface area contributed by atoms with Gasteiger partial charge in [-0.15, -0.1) is 0 Å². The number of rotatable bonds is 4. The summed E-state index contributed by atoms with van der Waals surface area (Å²) in [4.78, 5) is 0. The third-order valence-corrected chi connectivity index (χ3v) is 4.59. The summed E-state index contributed by atoms with van der Waals surface area (Å²) < 4.78 is 0. The Bertz CT molecular complexity index is 346. The van der Waals surface area contributed by atoms with Gasteiger partial charge in [-0.25, -0.2) is 0 Å². The zero-order valence-electron chi connectivity index (χ0n) is 12.1. The number of aryl methyl sites for hydroxylation is 1. The van der Waals surface area contributed by atoms with Crippen LogP contribution in [0.3, 0.4) is 0 Å². The summed E-state index contributed by atoms with van der Waals surface area (Å²) in [7, 11) is 2.11. The SMILES string of the molecule is CCc1ccc(C(NC)C2CCC(C)CC2)cc1. The smallest absolute Gasteiger partial charge is 0.0346 e. The van der Waals surface area contributed by atoms with Crippen molar-refractivity contribution in [3.8, 4) is 0 Å². The zero-order chi connectivity index (χ0) is 13.0. The Hall–Kier alpha value is -0.820. The van der Waals surface area contributed by atoms with Gasteiger partial charge < -0.3 is 5.32 Å². The highest BCUT2D eigenvalue weighted by Crippen LogP contribution is 2.36. The minimum atomic E-state index is 0.545. The van der Waals surface area contributed by atoms with E-state index in [2.05, 4.69) is 50.5 Å². The van der Waals surface area contributed by atoms with Crippen molar-refractivity contribution < 1.29 is 0 Å². The first-order valence-corrected chi connectivity index (χ1v) is 7.50. The molecule has 0 aliphatic heterocycles. The molecule has 1 aliphatic rings. The van der Waals surface area contributed by atoms with Crippen LogP contribution in [0.4, 0.5) is 0 Å². The van der Waals surface area contributed by atoms with Crippen molar-refractivity contribution in [2.45, 2.75) is 52.0 Å². The van der Waals surface area contributed by atoms with Gasteiger partial charge in [0.05, 0.1) is 0 Å². The molecule has 1 nitrogen and oxygen atoms in total. The molecule has 1 aliphatic carbocycles. The largest absolute Gasteiger partial charge is 0.313 e. The van der Waals surface area contributed by atoms with Gasteiger partial charge in [0.25, 0.3) is 0 Å². The topological polar surface area (TPSA) is 12.0 Å². The van der Waals surface area contributed by atoms with Crippen LogP contribution >= 0.6 is 0 Å². The number of hydrogen-bond donors (Lipinski definition) is 1. The predicted molar refractivity (Wildman–Crippen MR) is 78.7 cm³/mol. The second-order valence-electron chi connectivity index (χ2n) is 5.88. The first-order valence-electron chi connectivity index (χ1n) is 7.50. The van der Waals surface area contributed by atoms with Gasteiger partial charge in [0.15, 0.2) is 0 Å². The molecule has 0 radical (unpaired) electrons. The third kappa shape index (κ3) is 3.14. The van der Waals surface area contributed by atoms with Gasteiger partial charge in [0, 0.05) is 6.04 Å². The molecule has 1 aromatic rings. The third-order valence-electron chi connectivity index (χ3n) is 4.59. The fraction of sp³-hybridized carbons (Fsp3) is 0.647. The fourth-order valence-electron chi connectivity index (χ4n) is 3.25. The van der Waals surface area contributed by atoms with Crippen LogP contribution in [0.1, 0.15) is 56.7 Å². The highest BCUT2D eigenvalue weighted by Gasteiger charge is 2.25. The van der Waals surface area contributed by atoms with Gasteiger partial charge in [0.2, 0.25) is 0 Å². The Morgan fingerprint density at radius 3 is 2.22 bits per heavy atom. The highest BCUT2D eigenvalue weighted by molar-refractivity contribution is 5.25. The molecule has 1 aromatic carbocycles. The molecule has 1 unspecified atom stereocenters. The maximum atomic E-state index is 3.54. The van der Waals surface area contributed by atoms with E-state index in [0.29, 0.717) is 6.04 Å². The minimum Gasteiger partial charge on any atom is -0.313 e. The van der Waals surface area contributed by atoms with E-state index in [0.717, 1.165) is 18.3 Å². The van der Waals surface area contributed by atoms with E-state index >= 15 is 0 Å². The Morgan fingerprint density at radius 1 is 1.11 bits per heavy atom. The van der Waals surface area contributed by atoms with E-state index < -0.39 is 0 Å². The van der Waals surface area contributed by atoms with Crippen molar-refractivity contribution in [2.75, 3.05) is 7.05 Å². The van der Waals surface area contributed by atoms with Crippen LogP contribution in [-0.4, -0.2) is 7.05 Å². The lowest BCUT2D eigenvalue weighted by atomic mass is 9.77. The van der Waals surface area contributed by atoms with Crippen LogP contribution in [-0.2, 0) is 6.42 Å². The quantitative estimate of drug-likeness (QED) is 0.832. The average molecular weight is 245 g/mol. The molecule has 1 saturated carbocycles. The maximum Gasteiger partial charge on any atom is 0.0346 e. The molecule has 1 N–H and O–H groups in total. The average Bonchev–Trinajstić information content (AvgIpc) is 2.42. The number of benzene rings is 1. The van der Waals surface area contributed by atoms with E-state index in [9.17, 15) is 0 Å². The number of hydrogen-bond acceptors (Lipinski definition) is 1. The van der Waals surface area contributed by atoms with Crippen LogP contribution in [0.2, 0.25) is 0 Å². The molecule has 0 aromatic heterocycles. The Kier molecular flexibility index (Phi) is 4.82. The van der Waals surface area contributed by atoms with E-state index in [-0.39, 0.29) is 0 Å². The molecule has 0 amide bonds. The first kappa shape index (κ1) is 13.6. The van der Waals surface area contributed by atoms with Crippen molar-refractivity contribution in [1.82, 2.24) is 5.32 Å². The van der Waals surface area contributed by atoms with E-state index in [1.165, 1.54) is 36.8 Å². The van der Waals surface area contributed by atoms with Crippen LogP contribution in [0.25, 0.3) is 0 Å². The summed E-state index contributed by atoms with van der Waals surface area (Å²) in [5, 5.41) is 3.54. The van der Waals surface area contributed by atoms with Crippen molar-refractivity contribution in [3.63, 3.8) is 0 Å². The molecule has 0 bridgehead atoms. The summed E-state index contributed by atoms with van der Waals surface area (Å²) in [5.74, 6) is 1.75. The van der Waals surface area contributed by atoms with Crippen LogP contribution in [0, 0.1) is 11.8 Å². The van der Waals surface area contributed by atoms with Gasteiger partial charge >= 0.3 is 0 Å². The van der Waals surface area contributed by atoms with Crippen molar-refractivity contribution in [2.24, 2.45) is 11.8 Å². The molecule has 0 heterocycles. The molecule has 0 saturated heterocycles. The van der Waals surface area contributed by atoms with Crippen molar-refractivity contribution >= 4 is 0 Å². The molecule has 2 rings (SSSR count). The van der Waals surface area contributed by atoms with Gasteiger partial charge in [0.1, 0.15) is 0 Å². The summed E-state index contributed by atoms with van der Waals surface area (Å²) >= 11 is 0. The molecule has 1 heteroatoms. The van der Waals surface area contributed by atoms with E-state index in [1.54, 1.807) is 0 Å². The second-order valence-corrected chi connectivity index (χ2v) is 5.88. The zero-order valence-corrected chi connectivity index (χ0v) is 12.1. The van der Waals surface area contributed by atoms with Crippen molar-refractivity contribution in [3.05, 3.63) is 35.4 Å². The number of nitrogens with one attached hydrogen (secondary N) is 1. The summed E-state index contributed by atoms with van der Waals surface area (Å²) in [6.45, 7) is 4.60. The van der Waals surface area contributed by atoms with Crippen LogP contribution in [0.5, 0.6) is 0 Å². The Balaban J connectivity index is 2.07. The molecular weight excluding hydrogens is 218 g/mol. The van der Waals surface area contributed by atoms with Crippen LogP contribution < -0.4 is 5.32 Å². The van der Waals surface area contributed by atoms with Gasteiger partial charge in [-0.3, -0.25) is 0 Å². The second kappa shape index (κ2) is 6.38. The predicted octanol–water partition coefficient (Wildman–Crippen LogP) is 4.34. The minimum absolute atomic E-state index is 0.545. The fourth-order valence-corrected chi connectivity index (χ4v) is 3.25. The lowest BCUT2D eigenvalue weighted by Crippen LogP contribution is -2.28.